The molecule has 0 saturated carbocycles. The summed E-state index contributed by atoms with van der Waals surface area (Å²) in [6, 6.07) is 20.3. The second kappa shape index (κ2) is 12.5. The lowest BCUT2D eigenvalue weighted by Gasteiger charge is -2.28. The van der Waals surface area contributed by atoms with Crippen LogP contribution in [-0.4, -0.2) is 38.9 Å². The van der Waals surface area contributed by atoms with Gasteiger partial charge in [0.15, 0.2) is 0 Å². The van der Waals surface area contributed by atoms with E-state index in [4.69, 9.17) is 27.9 Å². The van der Waals surface area contributed by atoms with Crippen molar-refractivity contribution in [3.8, 4) is 11.5 Å². The number of thioether (sulfide) groups is 1. The molecule has 0 radical (unpaired) electrons. The molecule has 0 fully saturated rings. The molecule has 10 heteroatoms. The predicted octanol–water partition coefficient (Wildman–Crippen LogP) is 5.99. The van der Waals surface area contributed by atoms with E-state index in [0.717, 1.165) is 16.1 Å². The van der Waals surface area contributed by atoms with Crippen LogP contribution < -0.4 is 14.4 Å². The van der Waals surface area contributed by atoms with E-state index in [9.17, 15) is 13.2 Å². The second-order valence-corrected chi connectivity index (χ2v) is 11.5. The lowest BCUT2D eigenvalue weighted by molar-refractivity contribution is -0.121. The molecule has 0 aliphatic rings. The number of anilines is 1. The molecule has 0 aliphatic carbocycles. The fourth-order valence-electron chi connectivity index (χ4n) is 3.33. The molecule has 0 aromatic heterocycles. The molecule has 0 aliphatic heterocycles. The molecular formula is C25H26Cl2N2O4S2. The van der Waals surface area contributed by atoms with Gasteiger partial charge in [-0.15, -0.1) is 0 Å². The minimum atomic E-state index is -3.72. The first-order chi connectivity index (χ1) is 16.7. The number of amides is 1. The maximum atomic E-state index is 12.8. The fourth-order valence-corrected chi connectivity index (χ4v) is 6.10. The zero-order chi connectivity index (χ0) is 25.4. The quantitative estimate of drug-likeness (QED) is 0.295. The molecule has 0 saturated heterocycles. The molecule has 0 unspecified atom stereocenters. The van der Waals surface area contributed by atoms with Gasteiger partial charge in [0.25, 0.3) is 0 Å². The van der Waals surface area contributed by atoms with Gasteiger partial charge in [0, 0.05) is 28.1 Å². The minimum Gasteiger partial charge on any atom is -0.457 e. The molecule has 0 bridgehead atoms. The van der Waals surface area contributed by atoms with Crippen LogP contribution in [0.1, 0.15) is 12.5 Å². The highest BCUT2D eigenvalue weighted by Gasteiger charge is 2.29. The zero-order valence-corrected chi connectivity index (χ0v) is 22.4. The Kier molecular flexibility index (Phi) is 9.74. The third kappa shape index (κ3) is 7.80. The molecule has 1 amide bonds. The van der Waals surface area contributed by atoms with Crippen molar-refractivity contribution >= 4 is 56.6 Å². The van der Waals surface area contributed by atoms with Crippen LogP contribution in [0, 0.1) is 0 Å². The number of nitrogens with one attached hydrogen (secondary N) is 1. The first-order valence-electron chi connectivity index (χ1n) is 10.8. The normalized spacial score (nSPS) is 12.1. The maximum Gasteiger partial charge on any atom is 0.243 e. The van der Waals surface area contributed by atoms with Crippen molar-refractivity contribution in [3.05, 3.63) is 88.4 Å². The highest BCUT2D eigenvalue weighted by Crippen LogP contribution is 2.29. The molecule has 3 rings (SSSR count). The summed E-state index contributed by atoms with van der Waals surface area (Å²) < 4.78 is 31.9. The Labute approximate surface area is 220 Å². The van der Waals surface area contributed by atoms with E-state index in [2.05, 4.69) is 5.32 Å². The van der Waals surface area contributed by atoms with E-state index in [1.54, 1.807) is 61.2 Å². The third-order valence-corrected chi connectivity index (χ3v) is 7.95. The molecule has 3 aromatic rings. The van der Waals surface area contributed by atoms with Crippen LogP contribution >= 0.6 is 35.0 Å². The number of carbonyl (C=O) groups is 1. The van der Waals surface area contributed by atoms with E-state index in [1.807, 2.05) is 30.3 Å². The van der Waals surface area contributed by atoms with Crippen LogP contribution in [-0.2, 0) is 20.6 Å². The number of rotatable bonds is 11. The Morgan fingerprint density at radius 1 is 0.971 bits per heavy atom. The fraction of sp³-hybridized carbons (Fsp3) is 0.240. The van der Waals surface area contributed by atoms with Crippen molar-refractivity contribution in [3.63, 3.8) is 0 Å². The average molecular weight is 554 g/mol. The molecule has 0 heterocycles. The minimum absolute atomic E-state index is 0.372. The molecule has 0 spiro atoms. The summed E-state index contributed by atoms with van der Waals surface area (Å²) >= 11 is 13.9. The monoisotopic (exact) mass is 552 g/mol. The summed E-state index contributed by atoms with van der Waals surface area (Å²) in [6.45, 7) is 1.93. The van der Waals surface area contributed by atoms with Crippen LogP contribution in [0.5, 0.6) is 11.5 Å². The van der Waals surface area contributed by atoms with Gasteiger partial charge in [0.2, 0.25) is 15.9 Å². The summed E-state index contributed by atoms with van der Waals surface area (Å²) in [4.78, 5) is 12.8. The van der Waals surface area contributed by atoms with Gasteiger partial charge in [0.05, 0.1) is 11.9 Å². The van der Waals surface area contributed by atoms with Gasteiger partial charge < -0.3 is 10.1 Å². The standard InChI is InChI=1S/C25H26Cl2N2O4S2/c1-18(25(30)28-15-16-34-17-22-23(26)9-6-10-24(22)27)29(35(2,31)32)19-11-13-21(14-12-19)33-20-7-4-3-5-8-20/h3-14,18H,15-17H2,1-2H3,(H,28,30)/t18-/m1/s1. The second-order valence-electron chi connectivity index (χ2n) is 7.69. The lowest BCUT2D eigenvalue weighted by Crippen LogP contribution is -2.48. The van der Waals surface area contributed by atoms with Crippen LogP contribution in [0.2, 0.25) is 10.0 Å². The van der Waals surface area contributed by atoms with Crippen LogP contribution in [0.25, 0.3) is 0 Å². The van der Waals surface area contributed by atoms with E-state index in [-0.39, 0.29) is 0 Å². The van der Waals surface area contributed by atoms with Crippen molar-refractivity contribution in [2.24, 2.45) is 0 Å². The number of benzene rings is 3. The van der Waals surface area contributed by atoms with Crippen molar-refractivity contribution in [1.82, 2.24) is 5.32 Å². The lowest BCUT2D eigenvalue weighted by atomic mass is 10.2. The SMILES string of the molecule is C[C@H](C(=O)NCCSCc1c(Cl)cccc1Cl)N(c1ccc(Oc2ccccc2)cc1)S(C)(=O)=O. The number of hydrogen-bond acceptors (Lipinski definition) is 5. The van der Waals surface area contributed by atoms with Gasteiger partial charge in [-0.2, -0.15) is 11.8 Å². The van der Waals surface area contributed by atoms with Crippen LogP contribution in [0.3, 0.4) is 0 Å². The Hall–Kier alpha value is -2.39. The Bertz CT molecular complexity index is 1220. The first kappa shape index (κ1) is 27.2. The number of ether oxygens (including phenoxy) is 1. The largest absolute Gasteiger partial charge is 0.457 e. The topological polar surface area (TPSA) is 75.7 Å². The van der Waals surface area contributed by atoms with Gasteiger partial charge >= 0.3 is 0 Å². The molecular weight excluding hydrogens is 527 g/mol. The number of para-hydroxylation sites is 1. The number of sulfonamides is 1. The predicted molar refractivity (Wildman–Crippen MR) is 145 cm³/mol. The molecule has 35 heavy (non-hydrogen) atoms. The van der Waals surface area contributed by atoms with Crippen LogP contribution in [0.4, 0.5) is 5.69 Å². The van der Waals surface area contributed by atoms with Gasteiger partial charge in [-0.3, -0.25) is 9.10 Å². The van der Waals surface area contributed by atoms with E-state index >= 15 is 0 Å². The zero-order valence-electron chi connectivity index (χ0n) is 19.3. The molecule has 186 valence electrons. The summed E-state index contributed by atoms with van der Waals surface area (Å²) in [5, 5.41) is 4.01. The van der Waals surface area contributed by atoms with Gasteiger partial charge in [-0.05, 0) is 61.0 Å². The maximum absolute atomic E-state index is 12.8. The summed E-state index contributed by atoms with van der Waals surface area (Å²) in [7, 11) is -3.72. The summed E-state index contributed by atoms with van der Waals surface area (Å²) in [6.07, 6.45) is 1.08. The average Bonchev–Trinajstić information content (AvgIpc) is 2.81. The third-order valence-electron chi connectivity index (χ3n) is 5.01. The summed E-state index contributed by atoms with van der Waals surface area (Å²) in [5.41, 5.74) is 1.22. The Morgan fingerprint density at radius 2 is 1.57 bits per heavy atom. The Balaban J connectivity index is 1.58. The molecule has 1 N–H and O–H groups in total. The number of carbonyl (C=O) groups excluding carboxylic acids is 1. The number of nitrogens with zero attached hydrogens (tertiary/aromatic N) is 1. The van der Waals surface area contributed by atoms with Crippen molar-refractivity contribution in [2.75, 3.05) is 22.9 Å². The highest BCUT2D eigenvalue weighted by molar-refractivity contribution is 7.98. The van der Waals surface area contributed by atoms with Crippen LogP contribution in [0.15, 0.2) is 72.8 Å². The highest BCUT2D eigenvalue weighted by atomic mass is 35.5. The number of hydrogen-bond donors (Lipinski definition) is 1. The molecule has 6 nitrogen and oxygen atoms in total. The smallest absolute Gasteiger partial charge is 0.243 e. The van der Waals surface area contributed by atoms with Gasteiger partial charge in [-0.25, -0.2) is 8.42 Å². The van der Waals surface area contributed by atoms with Gasteiger partial charge in [0.1, 0.15) is 17.5 Å². The van der Waals surface area contributed by atoms with E-state index in [1.165, 1.54) is 0 Å². The Morgan fingerprint density at radius 3 is 2.17 bits per heavy atom. The summed E-state index contributed by atoms with van der Waals surface area (Å²) in [5.74, 6) is 2.06. The van der Waals surface area contributed by atoms with E-state index < -0.39 is 22.0 Å². The first-order valence-corrected chi connectivity index (χ1v) is 14.5. The van der Waals surface area contributed by atoms with Crippen molar-refractivity contribution in [2.45, 2.75) is 18.7 Å². The molecule has 3 aromatic carbocycles. The number of halogens is 2. The molecule has 1 atom stereocenters. The van der Waals surface area contributed by atoms with E-state index in [0.29, 0.717) is 45.3 Å². The van der Waals surface area contributed by atoms with Crippen molar-refractivity contribution in [1.29, 1.82) is 0 Å². The van der Waals surface area contributed by atoms with Crippen molar-refractivity contribution < 1.29 is 17.9 Å². The van der Waals surface area contributed by atoms with Gasteiger partial charge in [-0.1, -0.05) is 47.5 Å².